The van der Waals surface area contributed by atoms with E-state index >= 15 is 0 Å². The summed E-state index contributed by atoms with van der Waals surface area (Å²) < 4.78 is 0. The van der Waals surface area contributed by atoms with Crippen LogP contribution in [0.3, 0.4) is 0 Å². The molecule has 1 saturated heterocycles. The van der Waals surface area contributed by atoms with Crippen LogP contribution in [0, 0.1) is 11.8 Å². The highest BCUT2D eigenvalue weighted by molar-refractivity contribution is 5.94. The Balaban J connectivity index is 2.73. The van der Waals surface area contributed by atoms with E-state index in [9.17, 15) is 19.2 Å². The molecule has 1 unspecified atom stereocenters. The predicted octanol–water partition coefficient (Wildman–Crippen LogP) is 2.91. The largest absolute Gasteiger partial charge is 0.351 e. The first-order valence-electron chi connectivity index (χ1n) is 14.5. The molecule has 214 valence electrons. The highest BCUT2D eigenvalue weighted by Gasteiger charge is 2.30. The van der Waals surface area contributed by atoms with Crippen LogP contribution in [0.4, 0.5) is 0 Å². The average Bonchev–Trinajstić information content (AvgIpc) is 2.83. The van der Waals surface area contributed by atoms with Crippen LogP contribution in [0.25, 0.3) is 0 Å². The van der Waals surface area contributed by atoms with Gasteiger partial charge in [-0.2, -0.15) is 0 Å². The smallest absolute Gasteiger partial charge is 0.243 e. The number of nitrogens with one attached hydrogen (secondary N) is 4. The number of hydrogen-bond acceptors (Lipinski definition) is 5. The lowest BCUT2D eigenvalue weighted by Gasteiger charge is -2.27. The third-order valence-electron chi connectivity index (χ3n) is 6.90. The van der Waals surface area contributed by atoms with Crippen LogP contribution in [0.15, 0.2) is 0 Å². The minimum absolute atomic E-state index is 0.104. The van der Waals surface area contributed by atoms with Gasteiger partial charge in [0, 0.05) is 12.5 Å². The Hall–Kier alpha value is -2.16. The van der Waals surface area contributed by atoms with E-state index in [1.54, 1.807) is 0 Å². The van der Waals surface area contributed by atoms with Gasteiger partial charge < -0.3 is 27.0 Å². The number of carbonyl (C=O) groups excluding carboxylic acids is 4. The molecule has 0 radical (unpaired) electrons. The Bertz CT molecular complexity index is 698. The van der Waals surface area contributed by atoms with E-state index in [1.165, 1.54) is 32.1 Å². The first-order valence-corrected chi connectivity index (χ1v) is 14.5. The zero-order chi connectivity index (χ0) is 27.6. The SMILES string of the molecule is CC(C)CCCCCCCCCC1CC(=O)NCC(=O)N[C@@H](CCCCN)C(=O)N[C@@H](C(C)C)C(=O)N1. The summed E-state index contributed by atoms with van der Waals surface area (Å²) in [5, 5.41) is 11.2. The molecule has 0 bridgehead atoms. The van der Waals surface area contributed by atoms with Gasteiger partial charge in [0.05, 0.1) is 6.54 Å². The molecular weight excluding hydrogens is 470 g/mol. The molecule has 0 spiro atoms. The molecule has 1 fully saturated rings. The maximum atomic E-state index is 13.2. The first kappa shape index (κ1) is 32.9. The lowest BCUT2D eigenvalue weighted by atomic mass is 9.99. The molecule has 4 amide bonds. The summed E-state index contributed by atoms with van der Waals surface area (Å²) in [5.74, 6) is -0.786. The summed E-state index contributed by atoms with van der Waals surface area (Å²) in [6.07, 6.45) is 12.0. The van der Waals surface area contributed by atoms with Gasteiger partial charge in [0.2, 0.25) is 23.6 Å². The van der Waals surface area contributed by atoms with Gasteiger partial charge >= 0.3 is 0 Å². The van der Waals surface area contributed by atoms with Gasteiger partial charge in [-0.15, -0.1) is 0 Å². The van der Waals surface area contributed by atoms with Crippen LogP contribution in [-0.4, -0.2) is 54.8 Å². The van der Waals surface area contributed by atoms with Gasteiger partial charge in [-0.05, 0) is 44.1 Å². The van der Waals surface area contributed by atoms with Crippen molar-refractivity contribution < 1.29 is 19.2 Å². The van der Waals surface area contributed by atoms with Crippen molar-refractivity contribution in [3.8, 4) is 0 Å². The Morgan fingerprint density at radius 1 is 0.730 bits per heavy atom. The van der Waals surface area contributed by atoms with Crippen molar-refractivity contribution in [2.75, 3.05) is 13.1 Å². The molecule has 0 saturated carbocycles. The van der Waals surface area contributed by atoms with E-state index in [0.717, 1.165) is 31.6 Å². The second-order valence-electron chi connectivity index (χ2n) is 11.3. The Morgan fingerprint density at radius 2 is 1.35 bits per heavy atom. The van der Waals surface area contributed by atoms with Gasteiger partial charge in [0.25, 0.3) is 0 Å². The van der Waals surface area contributed by atoms with Crippen LogP contribution in [0.1, 0.15) is 111 Å². The summed E-state index contributed by atoms with van der Waals surface area (Å²) in [5.41, 5.74) is 5.57. The molecule has 1 heterocycles. The van der Waals surface area contributed by atoms with Crippen LogP contribution in [0.2, 0.25) is 0 Å². The van der Waals surface area contributed by atoms with Crippen LogP contribution < -0.4 is 27.0 Å². The number of amides is 4. The van der Waals surface area contributed by atoms with Gasteiger partial charge in [-0.3, -0.25) is 19.2 Å². The summed E-state index contributed by atoms with van der Waals surface area (Å²) in [4.78, 5) is 51.2. The molecule has 1 rings (SSSR count). The van der Waals surface area contributed by atoms with Crippen molar-refractivity contribution in [2.45, 2.75) is 129 Å². The zero-order valence-electron chi connectivity index (χ0n) is 23.7. The summed E-state index contributed by atoms with van der Waals surface area (Å²) >= 11 is 0. The van der Waals surface area contributed by atoms with Gasteiger partial charge in [-0.25, -0.2) is 0 Å². The lowest BCUT2D eigenvalue weighted by Crippen LogP contribution is -2.56. The van der Waals surface area contributed by atoms with Crippen molar-refractivity contribution in [3.63, 3.8) is 0 Å². The van der Waals surface area contributed by atoms with Crippen molar-refractivity contribution in [1.29, 1.82) is 0 Å². The fourth-order valence-corrected chi connectivity index (χ4v) is 4.61. The van der Waals surface area contributed by atoms with E-state index in [4.69, 9.17) is 5.73 Å². The van der Waals surface area contributed by atoms with Crippen molar-refractivity contribution in [3.05, 3.63) is 0 Å². The van der Waals surface area contributed by atoms with E-state index in [2.05, 4.69) is 35.1 Å². The van der Waals surface area contributed by atoms with Gasteiger partial charge in [0.1, 0.15) is 12.1 Å². The lowest BCUT2D eigenvalue weighted by molar-refractivity contribution is -0.133. The minimum Gasteiger partial charge on any atom is -0.351 e. The van der Waals surface area contributed by atoms with Crippen molar-refractivity contribution >= 4 is 23.6 Å². The standard InChI is InChI=1S/C28H53N5O4/c1-20(2)14-10-8-6-5-7-9-11-15-22-18-24(34)30-19-25(35)32-23(16-12-13-17-29)27(36)33-26(21(3)4)28(37)31-22/h20-23,26H,5-19,29H2,1-4H3,(H,30,34)(H,31,37)(H,32,35)(H,33,36)/t22?,23-,26-/m0/s1. The number of hydrogen-bond donors (Lipinski definition) is 5. The fourth-order valence-electron chi connectivity index (χ4n) is 4.61. The number of rotatable bonds is 15. The second-order valence-corrected chi connectivity index (χ2v) is 11.3. The second kappa shape index (κ2) is 19.0. The molecule has 0 aromatic heterocycles. The molecule has 9 nitrogen and oxygen atoms in total. The van der Waals surface area contributed by atoms with E-state index in [1.807, 2.05) is 13.8 Å². The van der Waals surface area contributed by atoms with Crippen molar-refractivity contribution in [2.24, 2.45) is 17.6 Å². The normalized spacial score (nSPS) is 22.0. The van der Waals surface area contributed by atoms with Crippen LogP contribution in [0.5, 0.6) is 0 Å². The summed E-state index contributed by atoms with van der Waals surface area (Å²) in [6, 6.07) is -1.88. The maximum absolute atomic E-state index is 13.2. The quantitative estimate of drug-likeness (QED) is 0.210. The number of carbonyl (C=O) groups is 4. The number of nitrogens with two attached hydrogens (primary N) is 1. The fraction of sp³-hybridized carbons (Fsp3) is 0.857. The zero-order valence-corrected chi connectivity index (χ0v) is 23.7. The monoisotopic (exact) mass is 523 g/mol. The van der Waals surface area contributed by atoms with E-state index < -0.39 is 23.9 Å². The Labute approximate surface area is 224 Å². The maximum Gasteiger partial charge on any atom is 0.243 e. The highest BCUT2D eigenvalue weighted by Crippen LogP contribution is 2.15. The summed E-state index contributed by atoms with van der Waals surface area (Å²) in [7, 11) is 0. The Kier molecular flexibility index (Phi) is 16.9. The van der Waals surface area contributed by atoms with Crippen molar-refractivity contribution in [1.82, 2.24) is 21.3 Å². The topological polar surface area (TPSA) is 142 Å². The van der Waals surface area contributed by atoms with E-state index in [0.29, 0.717) is 25.8 Å². The third kappa shape index (κ3) is 15.0. The van der Waals surface area contributed by atoms with Crippen LogP contribution in [-0.2, 0) is 19.2 Å². The highest BCUT2D eigenvalue weighted by atomic mass is 16.2. The average molecular weight is 524 g/mol. The molecule has 0 aromatic rings. The molecule has 1 aliphatic heterocycles. The molecule has 0 aliphatic carbocycles. The Morgan fingerprint density at radius 3 is 1.97 bits per heavy atom. The van der Waals surface area contributed by atoms with Crippen LogP contribution >= 0.6 is 0 Å². The minimum atomic E-state index is -0.785. The molecule has 9 heteroatoms. The number of unbranched alkanes of at least 4 members (excludes halogenated alkanes) is 7. The molecule has 0 aromatic carbocycles. The summed E-state index contributed by atoms with van der Waals surface area (Å²) in [6.45, 7) is 8.55. The third-order valence-corrected chi connectivity index (χ3v) is 6.90. The van der Waals surface area contributed by atoms with E-state index in [-0.39, 0.29) is 36.7 Å². The molecule has 3 atom stereocenters. The first-order chi connectivity index (χ1) is 17.6. The molecule has 37 heavy (non-hydrogen) atoms. The van der Waals surface area contributed by atoms with Gasteiger partial charge in [0.15, 0.2) is 0 Å². The molecule has 1 aliphatic rings. The van der Waals surface area contributed by atoms with Gasteiger partial charge in [-0.1, -0.05) is 79.1 Å². The predicted molar refractivity (Wildman–Crippen MR) is 148 cm³/mol. The molecular formula is C28H53N5O4. The molecule has 6 N–H and O–H groups in total.